The predicted octanol–water partition coefficient (Wildman–Crippen LogP) is 1.96. The Labute approximate surface area is 175 Å². The molecule has 1 fully saturated rings. The molecule has 1 aliphatic heterocycles. The van der Waals surface area contributed by atoms with Gasteiger partial charge in [-0.05, 0) is 36.6 Å². The zero-order valence-electron chi connectivity index (χ0n) is 16.6. The van der Waals surface area contributed by atoms with E-state index in [4.69, 9.17) is 0 Å². The molecule has 0 saturated carbocycles. The Balaban J connectivity index is 1.46. The summed E-state index contributed by atoms with van der Waals surface area (Å²) < 4.78 is 28.6. The predicted molar refractivity (Wildman–Crippen MR) is 115 cm³/mol. The molecule has 1 atom stereocenters. The van der Waals surface area contributed by atoms with Gasteiger partial charge >= 0.3 is 0 Å². The van der Waals surface area contributed by atoms with E-state index in [1.807, 2.05) is 0 Å². The quantitative estimate of drug-likeness (QED) is 0.649. The fourth-order valence-electron chi connectivity index (χ4n) is 3.53. The van der Waals surface area contributed by atoms with Crippen LogP contribution in [0, 0.1) is 5.92 Å². The minimum absolute atomic E-state index is 0.130. The van der Waals surface area contributed by atoms with Crippen molar-refractivity contribution in [1.29, 1.82) is 0 Å². The van der Waals surface area contributed by atoms with Crippen molar-refractivity contribution in [1.82, 2.24) is 18.8 Å². The van der Waals surface area contributed by atoms with Crippen LogP contribution >= 0.6 is 0 Å². The zero-order valence-corrected chi connectivity index (χ0v) is 17.4. The average molecular weight is 426 g/mol. The van der Waals surface area contributed by atoms with E-state index in [0.29, 0.717) is 36.2 Å². The first-order chi connectivity index (χ1) is 14.4. The van der Waals surface area contributed by atoms with Crippen LogP contribution in [0.4, 0.5) is 5.95 Å². The highest BCUT2D eigenvalue weighted by molar-refractivity contribution is 7.89. The lowest BCUT2D eigenvalue weighted by molar-refractivity contribution is 0.461. The number of pyridine rings is 1. The molecule has 1 aliphatic rings. The fraction of sp³-hybridized carbons (Fsp3) is 0.286. The van der Waals surface area contributed by atoms with E-state index in [-0.39, 0.29) is 11.5 Å². The Morgan fingerprint density at radius 3 is 2.60 bits per heavy atom. The van der Waals surface area contributed by atoms with Gasteiger partial charge in [-0.3, -0.25) is 14.3 Å². The van der Waals surface area contributed by atoms with Crippen LogP contribution in [-0.4, -0.2) is 46.9 Å². The SMILES string of the molecule is Cn1c(NCC2CCN(S(=O)(=O)c3ccccc3)C2)nc(-c2ccncc2)cc1=O. The number of anilines is 1. The van der Waals surface area contributed by atoms with Crippen molar-refractivity contribution in [3.8, 4) is 11.3 Å². The summed E-state index contributed by atoms with van der Waals surface area (Å²) in [7, 11) is -1.82. The molecule has 1 aromatic carbocycles. The molecule has 0 bridgehead atoms. The molecule has 0 radical (unpaired) electrons. The van der Waals surface area contributed by atoms with Gasteiger partial charge in [0, 0.05) is 50.7 Å². The summed E-state index contributed by atoms with van der Waals surface area (Å²) in [6.07, 6.45) is 4.06. The molecule has 3 heterocycles. The van der Waals surface area contributed by atoms with Gasteiger partial charge in [0.05, 0.1) is 10.6 Å². The van der Waals surface area contributed by atoms with Gasteiger partial charge in [-0.2, -0.15) is 4.31 Å². The molecule has 8 nitrogen and oxygen atoms in total. The molecule has 4 rings (SSSR count). The lowest BCUT2D eigenvalue weighted by atomic mass is 10.1. The first-order valence-electron chi connectivity index (χ1n) is 9.72. The van der Waals surface area contributed by atoms with Crippen LogP contribution in [0.3, 0.4) is 0 Å². The van der Waals surface area contributed by atoms with Crippen LogP contribution < -0.4 is 10.9 Å². The normalized spacial score (nSPS) is 17.2. The number of aromatic nitrogens is 3. The van der Waals surface area contributed by atoms with Crippen molar-refractivity contribution in [2.45, 2.75) is 11.3 Å². The minimum atomic E-state index is -3.48. The van der Waals surface area contributed by atoms with Crippen LogP contribution in [0.5, 0.6) is 0 Å². The number of benzene rings is 1. The maximum Gasteiger partial charge on any atom is 0.255 e. The second-order valence-electron chi connectivity index (χ2n) is 7.31. The van der Waals surface area contributed by atoms with Crippen molar-refractivity contribution >= 4 is 16.0 Å². The molecule has 9 heteroatoms. The van der Waals surface area contributed by atoms with Gasteiger partial charge in [-0.25, -0.2) is 13.4 Å². The molecule has 1 saturated heterocycles. The highest BCUT2D eigenvalue weighted by atomic mass is 32.2. The first-order valence-corrected chi connectivity index (χ1v) is 11.2. The molecule has 3 aromatic rings. The van der Waals surface area contributed by atoms with Gasteiger partial charge in [-0.1, -0.05) is 18.2 Å². The third kappa shape index (κ3) is 4.12. The summed E-state index contributed by atoms with van der Waals surface area (Å²) >= 11 is 0. The lowest BCUT2D eigenvalue weighted by Crippen LogP contribution is -2.30. The van der Waals surface area contributed by atoms with Crippen LogP contribution in [0.25, 0.3) is 11.3 Å². The second-order valence-corrected chi connectivity index (χ2v) is 9.25. The third-order valence-corrected chi connectivity index (χ3v) is 7.17. The standard InChI is InChI=1S/C21H23N5O3S/c1-25-20(27)13-19(17-7-10-22-11-8-17)24-21(25)23-14-16-9-12-26(15-16)30(28,29)18-5-3-2-4-6-18/h2-8,10-11,13,16H,9,12,14-15H2,1H3,(H,23,24). The Kier molecular flexibility index (Phi) is 5.65. The number of nitrogens with one attached hydrogen (secondary N) is 1. The molecule has 1 unspecified atom stereocenters. The number of nitrogens with zero attached hydrogens (tertiary/aromatic N) is 4. The van der Waals surface area contributed by atoms with Crippen LogP contribution in [0.2, 0.25) is 0 Å². The van der Waals surface area contributed by atoms with Gasteiger partial charge in [0.25, 0.3) is 5.56 Å². The third-order valence-electron chi connectivity index (χ3n) is 5.29. The van der Waals surface area contributed by atoms with E-state index < -0.39 is 10.0 Å². The molecule has 30 heavy (non-hydrogen) atoms. The van der Waals surface area contributed by atoms with Crippen molar-refractivity contribution in [3.05, 3.63) is 71.3 Å². The fourth-order valence-corrected chi connectivity index (χ4v) is 5.08. The highest BCUT2D eigenvalue weighted by Crippen LogP contribution is 2.24. The second kappa shape index (κ2) is 8.37. The van der Waals surface area contributed by atoms with E-state index in [2.05, 4.69) is 15.3 Å². The van der Waals surface area contributed by atoms with E-state index in [1.54, 1.807) is 61.9 Å². The number of hydrogen-bond donors (Lipinski definition) is 1. The summed E-state index contributed by atoms with van der Waals surface area (Å²) in [6.45, 7) is 1.44. The van der Waals surface area contributed by atoms with Crippen LogP contribution in [0.1, 0.15) is 6.42 Å². The summed E-state index contributed by atoms with van der Waals surface area (Å²) in [6, 6.07) is 13.6. The maximum absolute atomic E-state index is 12.8. The van der Waals surface area contributed by atoms with Gasteiger partial charge < -0.3 is 5.32 Å². The largest absolute Gasteiger partial charge is 0.355 e. The summed E-state index contributed by atoms with van der Waals surface area (Å²) in [5.74, 6) is 0.587. The highest BCUT2D eigenvalue weighted by Gasteiger charge is 2.32. The summed E-state index contributed by atoms with van der Waals surface area (Å²) in [5.41, 5.74) is 1.22. The smallest absolute Gasteiger partial charge is 0.255 e. The van der Waals surface area contributed by atoms with Gasteiger partial charge in [0.15, 0.2) is 0 Å². The monoisotopic (exact) mass is 425 g/mol. The van der Waals surface area contributed by atoms with E-state index in [0.717, 1.165) is 12.0 Å². The molecule has 1 N–H and O–H groups in total. The van der Waals surface area contributed by atoms with Gasteiger partial charge in [0.2, 0.25) is 16.0 Å². The van der Waals surface area contributed by atoms with E-state index in [9.17, 15) is 13.2 Å². The summed E-state index contributed by atoms with van der Waals surface area (Å²) in [4.78, 5) is 21.2. The van der Waals surface area contributed by atoms with Crippen molar-refractivity contribution in [3.63, 3.8) is 0 Å². The van der Waals surface area contributed by atoms with Gasteiger partial charge in [-0.15, -0.1) is 0 Å². The van der Waals surface area contributed by atoms with Gasteiger partial charge in [0.1, 0.15) is 0 Å². The van der Waals surface area contributed by atoms with E-state index in [1.165, 1.54) is 14.9 Å². The van der Waals surface area contributed by atoms with Crippen LogP contribution in [0.15, 0.2) is 70.6 Å². The lowest BCUT2D eigenvalue weighted by Gasteiger charge is -2.17. The van der Waals surface area contributed by atoms with Crippen molar-refractivity contribution in [2.75, 3.05) is 25.0 Å². The van der Waals surface area contributed by atoms with Crippen molar-refractivity contribution < 1.29 is 8.42 Å². The molecular formula is C21H23N5O3S. The summed E-state index contributed by atoms with van der Waals surface area (Å²) in [5, 5.41) is 3.23. The molecule has 0 amide bonds. The number of sulfonamides is 1. The average Bonchev–Trinajstić information content (AvgIpc) is 3.26. The molecule has 156 valence electrons. The molecule has 2 aromatic heterocycles. The number of hydrogen-bond acceptors (Lipinski definition) is 6. The first kappa shape index (κ1) is 20.2. The molecule has 0 aliphatic carbocycles. The molecule has 0 spiro atoms. The van der Waals surface area contributed by atoms with Crippen LogP contribution in [-0.2, 0) is 17.1 Å². The maximum atomic E-state index is 12.8. The number of rotatable bonds is 6. The Morgan fingerprint density at radius 1 is 1.13 bits per heavy atom. The topological polar surface area (TPSA) is 97.2 Å². The van der Waals surface area contributed by atoms with Crippen molar-refractivity contribution in [2.24, 2.45) is 13.0 Å². The zero-order chi connectivity index (χ0) is 21.1. The Bertz CT molecular complexity index is 1180. The molecular weight excluding hydrogens is 402 g/mol. The Morgan fingerprint density at radius 2 is 1.87 bits per heavy atom. The van der Waals surface area contributed by atoms with E-state index >= 15 is 0 Å². The Hall–Kier alpha value is -3.04. The minimum Gasteiger partial charge on any atom is -0.355 e.